The summed E-state index contributed by atoms with van der Waals surface area (Å²) in [6, 6.07) is 1.77. The molecule has 0 aliphatic rings. The third-order valence-electron chi connectivity index (χ3n) is 1.48. The highest BCUT2D eigenvalue weighted by molar-refractivity contribution is 9.11. The van der Waals surface area contributed by atoms with E-state index in [0.29, 0.717) is 5.82 Å². The van der Waals surface area contributed by atoms with E-state index in [2.05, 4.69) is 51.8 Å². The molecule has 0 saturated heterocycles. The van der Waals surface area contributed by atoms with Crippen LogP contribution in [0.3, 0.4) is 0 Å². The summed E-state index contributed by atoms with van der Waals surface area (Å²) in [5.74, 6) is 0.590. The third kappa shape index (κ3) is 2.13. The molecule has 0 bridgehead atoms. The standard InChI is InChI=1S/C8H4Br2N4/c9-6-1-7(10)14-8(13-6)5-2-11-4-12-3-5/h1-4H. The van der Waals surface area contributed by atoms with Crippen LogP contribution in [0.1, 0.15) is 0 Å². The summed E-state index contributed by atoms with van der Waals surface area (Å²) in [4.78, 5) is 16.2. The van der Waals surface area contributed by atoms with Crippen molar-refractivity contribution >= 4 is 31.9 Å². The molecule has 4 nitrogen and oxygen atoms in total. The molecule has 70 valence electrons. The summed E-state index contributed by atoms with van der Waals surface area (Å²) >= 11 is 6.58. The quantitative estimate of drug-likeness (QED) is 0.759. The molecule has 0 aliphatic carbocycles. The smallest absolute Gasteiger partial charge is 0.164 e. The molecule has 0 unspecified atom stereocenters. The maximum Gasteiger partial charge on any atom is 0.164 e. The fourth-order valence-corrected chi connectivity index (χ4v) is 2.01. The van der Waals surface area contributed by atoms with E-state index in [4.69, 9.17) is 0 Å². The Morgan fingerprint density at radius 1 is 0.929 bits per heavy atom. The van der Waals surface area contributed by atoms with Crippen LogP contribution in [-0.2, 0) is 0 Å². The molecular weight excluding hydrogens is 312 g/mol. The molecule has 0 amide bonds. The lowest BCUT2D eigenvalue weighted by Crippen LogP contribution is -1.91. The number of aromatic nitrogens is 4. The summed E-state index contributed by atoms with van der Waals surface area (Å²) in [6.07, 6.45) is 4.80. The molecule has 0 aliphatic heterocycles. The Labute approximate surface area is 97.1 Å². The first-order valence-electron chi connectivity index (χ1n) is 3.71. The molecular formula is C8H4Br2N4. The highest BCUT2D eigenvalue weighted by atomic mass is 79.9. The van der Waals surface area contributed by atoms with Crippen LogP contribution in [0.4, 0.5) is 0 Å². The van der Waals surface area contributed by atoms with E-state index in [1.165, 1.54) is 6.33 Å². The monoisotopic (exact) mass is 314 g/mol. The molecule has 0 spiro atoms. The SMILES string of the molecule is Brc1cc(Br)nc(-c2cncnc2)n1. The first-order chi connectivity index (χ1) is 6.75. The van der Waals surface area contributed by atoms with Crippen molar-refractivity contribution in [1.82, 2.24) is 19.9 Å². The average molecular weight is 316 g/mol. The van der Waals surface area contributed by atoms with Crippen LogP contribution in [0.25, 0.3) is 11.4 Å². The van der Waals surface area contributed by atoms with Crippen molar-refractivity contribution < 1.29 is 0 Å². The van der Waals surface area contributed by atoms with Crippen molar-refractivity contribution in [1.29, 1.82) is 0 Å². The predicted molar refractivity (Wildman–Crippen MR) is 58.5 cm³/mol. The van der Waals surface area contributed by atoms with Crippen LogP contribution in [0.5, 0.6) is 0 Å². The number of hydrogen-bond acceptors (Lipinski definition) is 4. The van der Waals surface area contributed by atoms with E-state index in [1.807, 2.05) is 0 Å². The lowest BCUT2D eigenvalue weighted by molar-refractivity contribution is 1.09. The second-order valence-electron chi connectivity index (χ2n) is 2.46. The summed E-state index contributed by atoms with van der Waals surface area (Å²) in [5.41, 5.74) is 0.787. The number of halogens is 2. The Bertz CT molecular complexity index is 426. The van der Waals surface area contributed by atoms with Gasteiger partial charge in [0.25, 0.3) is 0 Å². The fourth-order valence-electron chi connectivity index (χ4n) is 0.934. The van der Waals surface area contributed by atoms with Crippen LogP contribution in [0.2, 0.25) is 0 Å². The van der Waals surface area contributed by atoms with Gasteiger partial charge in [0.15, 0.2) is 5.82 Å². The van der Waals surface area contributed by atoms with E-state index in [-0.39, 0.29) is 0 Å². The molecule has 2 aromatic rings. The minimum absolute atomic E-state index is 0.590. The van der Waals surface area contributed by atoms with Gasteiger partial charge in [-0.3, -0.25) is 0 Å². The molecule has 0 radical (unpaired) electrons. The maximum atomic E-state index is 4.20. The van der Waals surface area contributed by atoms with Gasteiger partial charge in [-0.15, -0.1) is 0 Å². The molecule has 0 atom stereocenters. The molecule has 0 saturated carbocycles. The van der Waals surface area contributed by atoms with E-state index < -0.39 is 0 Å². The first kappa shape index (κ1) is 9.67. The van der Waals surface area contributed by atoms with Gasteiger partial charge in [-0.05, 0) is 31.9 Å². The lowest BCUT2D eigenvalue weighted by atomic mass is 10.3. The van der Waals surface area contributed by atoms with Crippen LogP contribution in [-0.4, -0.2) is 19.9 Å². The van der Waals surface area contributed by atoms with E-state index in [9.17, 15) is 0 Å². The molecule has 2 aromatic heterocycles. The van der Waals surface area contributed by atoms with Crippen molar-refractivity contribution in [3.63, 3.8) is 0 Å². The lowest BCUT2D eigenvalue weighted by Gasteiger charge is -1.99. The van der Waals surface area contributed by atoms with Crippen molar-refractivity contribution in [3.8, 4) is 11.4 Å². The van der Waals surface area contributed by atoms with Crippen molar-refractivity contribution in [2.24, 2.45) is 0 Å². The van der Waals surface area contributed by atoms with Gasteiger partial charge < -0.3 is 0 Å². The topological polar surface area (TPSA) is 51.6 Å². The average Bonchev–Trinajstić information content (AvgIpc) is 2.18. The summed E-state index contributed by atoms with van der Waals surface area (Å²) in [6.45, 7) is 0. The van der Waals surface area contributed by atoms with E-state index >= 15 is 0 Å². The Hall–Kier alpha value is -0.880. The number of nitrogens with zero attached hydrogens (tertiary/aromatic N) is 4. The largest absolute Gasteiger partial charge is 0.244 e. The molecule has 14 heavy (non-hydrogen) atoms. The van der Waals surface area contributed by atoms with Crippen LogP contribution in [0.15, 0.2) is 34.0 Å². The minimum atomic E-state index is 0.590. The molecule has 0 N–H and O–H groups in total. The summed E-state index contributed by atoms with van der Waals surface area (Å²) in [7, 11) is 0. The van der Waals surface area contributed by atoms with Crippen molar-refractivity contribution in [3.05, 3.63) is 34.0 Å². The van der Waals surface area contributed by atoms with Gasteiger partial charge in [-0.2, -0.15) is 0 Å². The van der Waals surface area contributed by atoms with E-state index in [1.54, 1.807) is 18.5 Å². The Kier molecular flexibility index (Phi) is 2.83. The third-order valence-corrected chi connectivity index (χ3v) is 2.29. The molecule has 2 rings (SSSR count). The Morgan fingerprint density at radius 2 is 1.50 bits per heavy atom. The molecule has 0 aromatic carbocycles. The Balaban J connectivity index is 2.52. The van der Waals surface area contributed by atoms with Crippen molar-refractivity contribution in [2.75, 3.05) is 0 Å². The second-order valence-corrected chi connectivity index (χ2v) is 4.09. The fraction of sp³-hybridized carbons (Fsp3) is 0. The molecule has 0 fully saturated rings. The van der Waals surface area contributed by atoms with Crippen molar-refractivity contribution in [2.45, 2.75) is 0 Å². The van der Waals surface area contributed by atoms with Gasteiger partial charge in [-0.1, -0.05) is 0 Å². The first-order valence-corrected chi connectivity index (χ1v) is 5.30. The van der Waals surface area contributed by atoms with E-state index in [0.717, 1.165) is 14.8 Å². The van der Waals surface area contributed by atoms with Crippen LogP contribution in [0, 0.1) is 0 Å². The van der Waals surface area contributed by atoms with Crippen LogP contribution >= 0.6 is 31.9 Å². The predicted octanol–water partition coefficient (Wildman–Crippen LogP) is 2.46. The zero-order valence-electron chi connectivity index (χ0n) is 6.85. The minimum Gasteiger partial charge on any atom is -0.244 e. The Morgan fingerprint density at radius 3 is 2.07 bits per heavy atom. The van der Waals surface area contributed by atoms with Gasteiger partial charge >= 0.3 is 0 Å². The summed E-state index contributed by atoms with van der Waals surface area (Å²) < 4.78 is 1.44. The molecule has 2 heterocycles. The zero-order chi connectivity index (χ0) is 9.97. The highest BCUT2D eigenvalue weighted by Crippen LogP contribution is 2.19. The van der Waals surface area contributed by atoms with Crippen LogP contribution < -0.4 is 0 Å². The number of rotatable bonds is 1. The number of hydrogen-bond donors (Lipinski definition) is 0. The van der Waals surface area contributed by atoms with Gasteiger partial charge in [0.1, 0.15) is 15.5 Å². The normalized spacial score (nSPS) is 10.1. The van der Waals surface area contributed by atoms with Gasteiger partial charge in [0.2, 0.25) is 0 Å². The zero-order valence-corrected chi connectivity index (χ0v) is 10.0. The maximum absolute atomic E-state index is 4.20. The summed E-state index contributed by atoms with van der Waals surface area (Å²) in [5, 5.41) is 0. The van der Waals surface area contributed by atoms with Gasteiger partial charge in [-0.25, -0.2) is 19.9 Å². The van der Waals surface area contributed by atoms with Gasteiger partial charge in [0.05, 0.1) is 5.56 Å². The highest BCUT2D eigenvalue weighted by Gasteiger charge is 2.03. The van der Waals surface area contributed by atoms with Gasteiger partial charge in [0, 0.05) is 18.5 Å². The molecule has 6 heteroatoms. The second kappa shape index (κ2) is 4.10.